The number of hydrogen-bond donors (Lipinski definition) is 0. The largest absolute Gasteiger partial charge is 0.349 e. The second-order valence-corrected chi connectivity index (χ2v) is 9.23. The summed E-state index contributed by atoms with van der Waals surface area (Å²) in [6, 6.07) is 6.62. The van der Waals surface area contributed by atoms with Crippen LogP contribution in [0.15, 0.2) is 46.3 Å². The van der Waals surface area contributed by atoms with Crippen molar-refractivity contribution in [3.8, 4) is 0 Å². The van der Waals surface area contributed by atoms with Crippen molar-refractivity contribution in [1.29, 1.82) is 0 Å². The molecule has 0 spiro atoms. The van der Waals surface area contributed by atoms with E-state index in [0.29, 0.717) is 40.5 Å². The van der Waals surface area contributed by atoms with E-state index in [4.69, 9.17) is 11.6 Å². The van der Waals surface area contributed by atoms with Crippen molar-refractivity contribution in [3.63, 3.8) is 0 Å². The molecular weight excluding hydrogens is 414 g/mol. The summed E-state index contributed by atoms with van der Waals surface area (Å²) >= 11 is 6.10. The van der Waals surface area contributed by atoms with Gasteiger partial charge in [0.25, 0.3) is 5.56 Å². The van der Waals surface area contributed by atoms with Crippen LogP contribution in [-0.4, -0.2) is 53.4 Å². The van der Waals surface area contributed by atoms with E-state index in [9.17, 15) is 13.2 Å². The van der Waals surface area contributed by atoms with Crippen LogP contribution >= 0.6 is 11.6 Å². The Balaban J connectivity index is 1.60. The lowest BCUT2D eigenvalue weighted by atomic mass is 10.2. The van der Waals surface area contributed by atoms with Gasteiger partial charge in [-0.05, 0) is 30.7 Å². The molecule has 8 nitrogen and oxygen atoms in total. The van der Waals surface area contributed by atoms with Gasteiger partial charge in [-0.15, -0.1) is 0 Å². The van der Waals surface area contributed by atoms with Gasteiger partial charge in [-0.3, -0.25) is 9.78 Å². The lowest BCUT2D eigenvalue weighted by Crippen LogP contribution is -2.50. The van der Waals surface area contributed by atoms with Crippen LogP contribution in [0.1, 0.15) is 5.56 Å². The Kier molecular flexibility index (Phi) is 5.05. The lowest BCUT2D eigenvalue weighted by molar-refractivity contribution is 0.383. The molecule has 0 radical (unpaired) electrons. The van der Waals surface area contributed by atoms with Gasteiger partial charge in [0.1, 0.15) is 0 Å². The number of benzene rings is 1. The van der Waals surface area contributed by atoms with Gasteiger partial charge in [-0.2, -0.15) is 4.31 Å². The summed E-state index contributed by atoms with van der Waals surface area (Å²) in [5.41, 5.74) is 1.63. The highest BCUT2D eigenvalue weighted by molar-refractivity contribution is 7.89. The summed E-state index contributed by atoms with van der Waals surface area (Å²) in [5.74, 6) is 0.321. The standard InChI is InChI=1S/C19H20ClN5O3S/c1-13-14(20)4-3-5-17(13)29(27,28)25-10-8-24(9-11-25)18-19(26)23(2)16-12-21-7-6-15(16)22-18/h3-7,12H,8-11H2,1-2H3. The summed E-state index contributed by atoms with van der Waals surface area (Å²) in [6.45, 7) is 2.96. The quantitative estimate of drug-likeness (QED) is 0.625. The van der Waals surface area contributed by atoms with Crippen LogP contribution in [0.25, 0.3) is 11.0 Å². The van der Waals surface area contributed by atoms with E-state index in [1.807, 2.05) is 4.90 Å². The molecule has 1 aliphatic heterocycles. The summed E-state index contributed by atoms with van der Waals surface area (Å²) in [7, 11) is -1.98. The van der Waals surface area contributed by atoms with Crippen LogP contribution in [0, 0.1) is 6.92 Å². The van der Waals surface area contributed by atoms with Gasteiger partial charge in [-0.1, -0.05) is 17.7 Å². The van der Waals surface area contributed by atoms with Crippen molar-refractivity contribution < 1.29 is 8.42 Å². The molecule has 3 heterocycles. The first-order valence-electron chi connectivity index (χ1n) is 9.11. The Morgan fingerprint density at radius 2 is 1.83 bits per heavy atom. The van der Waals surface area contributed by atoms with Crippen LogP contribution in [-0.2, 0) is 17.1 Å². The number of halogens is 1. The minimum Gasteiger partial charge on any atom is -0.349 e. The molecule has 0 unspecified atom stereocenters. The Labute approximate surface area is 173 Å². The summed E-state index contributed by atoms with van der Waals surface area (Å²) in [5, 5.41) is 0.420. The SMILES string of the molecule is Cc1c(Cl)cccc1S(=O)(=O)N1CCN(c2nc3ccncc3n(C)c2=O)CC1. The van der Waals surface area contributed by atoms with E-state index in [2.05, 4.69) is 9.97 Å². The van der Waals surface area contributed by atoms with E-state index < -0.39 is 10.0 Å². The van der Waals surface area contributed by atoms with E-state index in [1.54, 1.807) is 50.6 Å². The number of nitrogens with zero attached hydrogens (tertiary/aromatic N) is 5. The van der Waals surface area contributed by atoms with Crippen LogP contribution in [0.2, 0.25) is 5.02 Å². The van der Waals surface area contributed by atoms with Crippen molar-refractivity contribution in [2.24, 2.45) is 7.05 Å². The van der Waals surface area contributed by atoms with Gasteiger partial charge in [-0.25, -0.2) is 13.4 Å². The molecular formula is C19H20ClN5O3S. The molecule has 3 aromatic rings. The summed E-state index contributed by atoms with van der Waals surface area (Å²) in [4.78, 5) is 23.3. The molecule has 0 aliphatic carbocycles. The van der Waals surface area contributed by atoms with Crippen molar-refractivity contribution in [2.45, 2.75) is 11.8 Å². The highest BCUT2D eigenvalue weighted by Gasteiger charge is 2.31. The molecule has 152 valence electrons. The molecule has 0 N–H and O–H groups in total. The molecule has 0 saturated carbocycles. The van der Waals surface area contributed by atoms with Crippen LogP contribution in [0.4, 0.5) is 5.82 Å². The third kappa shape index (κ3) is 3.39. The molecule has 2 aromatic heterocycles. The normalized spacial score (nSPS) is 15.8. The maximum absolute atomic E-state index is 13.1. The number of pyridine rings is 1. The predicted octanol–water partition coefficient (Wildman–Crippen LogP) is 1.80. The zero-order valence-electron chi connectivity index (χ0n) is 16.0. The van der Waals surface area contributed by atoms with E-state index in [-0.39, 0.29) is 23.5 Å². The average Bonchev–Trinajstić information content (AvgIpc) is 2.72. The first-order chi connectivity index (χ1) is 13.8. The monoisotopic (exact) mass is 433 g/mol. The maximum atomic E-state index is 13.1. The second-order valence-electron chi connectivity index (χ2n) is 6.92. The molecule has 0 amide bonds. The number of fused-ring (bicyclic) bond motifs is 1. The van der Waals surface area contributed by atoms with Gasteiger partial charge in [0, 0.05) is 44.4 Å². The Morgan fingerprint density at radius 3 is 2.55 bits per heavy atom. The Morgan fingerprint density at radius 1 is 1.10 bits per heavy atom. The van der Waals surface area contributed by atoms with Crippen molar-refractivity contribution in [3.05, 3.63) is 57.6 Å². The Bertz CT molecular complexity index is 1250. The average molecular weight is 434 g/mol. The fraction of sp³-hybridized carbons (Fsp3) is 0.316. The molecule has 29 heavy (non-hydrogen) atoms. The van der Waals surface area contributed by atoms with Gasteiger partial charge in [0.15, 0.2) is 5.82 Å². The number of sulfonamides is 1. The van der Waals surface area contributed by atoms with Gasteiger partial charge in [0.05, 0.1) is 22.1 Å². The second kappa shape index (κ2) is 7.40. The third-order valence-electron chi connectivity index (χ3n) is 5.24. The number of aryl methyl sites for hydroxylation is 1. The number of piperazine rings is 1. The van der Waals surface area contributed by atoms with Crippen molar-refractivity contribution in [2.75, 3.05) is 31.1 Å². The predicted molar refractivity (Wildman–Crippen MR) is 112 cm³/mol. The maximum Gasteiger partial charge on any atom is 0.293 e. The fourth-order valence-corrected chi connectivity index (χ4v) is 5.41. The molecule has 1 aliphatic rings. The molecule has 1 saturated heterocycles. The topological polar surface area (TPSA) is 88.4 Å². The highest BCUT2D eigenvalue weighted by atomic mass is 35.5. The number of anilines is 1. The van der Waals surface area contributed by atoms with Crippen LogP contribution in [0.3, 0.4) is 0 Å². The highest BCUT2D eigenvalue weighted by Crippen LogP contribution is 2.26. The van der Waals surface area contributed by atoms with Crippen LogP contribution < -0.4 is 10.5 Å². The minimum absolute atomic E-state index is 0.214. The van der Waals surface area contributed by atoms with E-state index >= 15 is 0 Å². The first kappa shape index (κ1) is 19.8. The van der Waals surface area contributed by atoms with Crippen LogP contribution in [0.5, 0.6) is 0 Å². The Hall–Kier alpha value is -2.49. The van der Waals surface area contributed by atoms with E-state index in [1.165, 1.54) is 8.87 Å². The number of hydrogen-bond acceptors (Lipinski definition) is 6. The summed E-state index contributed by atoms with van der Waals surface area (Å²) in [6.07, 6.45) is 3.23. The van der Waals surface area contributed by atoms with Crippen molar-refractivity contribution >= 4 is 38.5 Å². The molecule has 10 heteroatoms. The summed E-state index contributed by atoms with van der Waals surface area (Å²) < 4.78 is 29.1. The third-order valence-corrected chi connectivity index (χ3v) is 7.69. The number of rotatable bonds is 3. The van der Waals surface area contributed by atoms with Gasteiger partial charge >= 0.3 is 0 Å². The first-order valence-corrected chi connectivity index (χ1v) is 10.9. The smallest absolute Gasteiger partial charge is 0.293 e. The van der Waals surface area contributed by atoms with E-state index in [0.717, 1.165) is 0 Å². The zero-order chi connectivity index (χ0) is 20.8. The number of aromatic nitrogens is 3. The van der Waals surface area contributed by atoms with Crippen molar-refractivity contribution in [1.82, 2.24) is 18.8 Å². The molecule has 1 aromatic carbocycles. The minimum atomic E-state index is -3.66. The molecule has 4 rings (SSSR count). The lowest BCUT2D eigenvalue weighted by Gasteiger charge is -2.34. The molecule has 0 atom stereocenters. The molecule has 0 bridgehead atoms. The molecule has 1 fully saturated rings. The van der Waals surface area contributed by atoms with Gasteiger partial charge < -0.3 is 9.47 Å². The van der Waals surface area contributed by atoms with Gasteiger partial charge in [0.2, 0.25) is 10.0 Å². The fourth-order valence-electron chi connectivity index (χ4n) is 3.51. The zero-order valence-corrected chi connectivity index (χ0v) is 17.6.